The molecule has 0 saturated heterocycles. The minimum atomic E-state index is 0.106. The molecule has 0 N–H and O–H groups in total. The Morgan fingerprint density at radius 1 is 1.28 bits per heavy atom. The van der Waals surface area contributed by atoms with E-state index in [1.165, 1.54) is 5.56 Å². The number of carbonyl (C=O) groups excluding carboxylic acids is 1. The molecule has 2 nitrogen and oxygen atoms in total. The van der Waals surface area contributed by atoms with Crippen molar-refractivity contribution in [2.24, 2.45) is 0 Å². The van der Waals surface area contributed by atoms with Gasteiger partial charge >= 0.3 is 0 Å². The van der Waals surface area contributed by atoms with Crippen molar-refractivity contribution in [2.75, 3.05) is 11.4 Å². The highest BCUT2D eigenvalue weighted by Gasteiger charge is 2.32. The third-order valence-corrected chi connectivity index (χ3v) is 3.69. The molecule has 1 aliphatic rings. The average Bonchev–Trinajstić information content (AvgIpc) is 2.40. The van der Waals surface area contributed by atoms with Gasteiger partial charge in [0, 0.05) is 23.7 Å². The van der Waals surface area contributed by atoms with Gasteiger partial charge in [-0.1, -0.05) is 45.0 Å². The van der Waals surface area contributed by atoms with E-state index < -0.39 is 0 Å². The van der Waals surface area contributed by atoms with E-state index in [9.17, 15) is 4.79 Å². The summed E-state index contributed by atoms with van der Waals surface area (Å²) in [6.07, 6.45) is 3.06. The number of anilines is 1. The predicted molar refractivity (Wildman–Crippen MR) is 75.9 cm³/mol. The van der Waals surface area contributed by atoms with Crippen molar-refractivity contribution in [3.63, 3.8) is 0 Å². The summed E-state index contributed by atoms with van der Waals surface area (Å²) in [4.78, 5) is 14.3. The first-order chi connectivity index (χ1) is 8.70. The Labute approximate surface area is 109 Å². The van der Waals surface area contributed by atoms with Crippen LogP contribution in [0.5, 0.6) is 0 Å². The first kappa shape index (κ1) is 12.9. The monoisotopic (exact) mass is 243 g/mol. The van der Waals surface area contributed by atoms with Crippen molar-refractivity contribution in [1.29, 1.82) is 0 Å². The lowest BCUT2D eigenvalue weighted by molar-refractivity contribution is -0.115. The van der Waals surface area contributed by atoms with Crippen LogP contribution in [0.2, 0.25) is 0 Å². The van der Waals surface area contributed by atoms with Gasteiger partial charge in [0.25, 0.3) is 5.91 Å². The lowest BCUT2D eigenvalue weighted by Crippen LogP contribution is -2.38. The van der Waals surface area contributed by atoms with E-state index in [1.54, 1.807) is 0 Å². The summed E-state index contributed by atoms with van der Waals surface area (Å²) in [6.45, 7) is 9.06. The molecule has 0 aliphatic carbocycles. The first-order valence-electron chi connectivity index (χ1n) is 6.80. The highest BCUT2D eigenvalue weighted by molar-refractivity contribution is 6.09. The van der Waals surface area contributed by atoms with Crippen molar-refractivity contribution in [3.05, 3.63) is 42.0 Å². The summed E-state index contributed by atoms with van der Waals surface area (Å²) >= 11 is 0. The van der Waals surface area contributed by atoms with E-state index in [1.807, 2.05) is 17.0 Å². The molecular weight excluding hydrogens is 222 g/mol. The Morgan fingerprint density at radius 2 is 2.00 bits per heavy atom. The van der Waals surface area contributed by atoms with Gasteiger partial charge in [-0.15, -0.1) is 0 Å². The number of hydrogen-bond donors (Lipinski definition) is 0. The Balaban J connectivity index is 2.43. The van der Waals surface area contributed by atoms with E-state index in [0.717, 1.165) is 37.1 Å². The lowest BCUT2D eigenvalue weighted by Gasteiger charge is -2.35. The molecular formula is C16H21NO. The van der Waals surface area contributed by atoms with Crippen LogP contribution in [0.4, 0.5) is 5.69 Å². The van der Waals surface area contributed by atoms with Crippen LogP contribution in [0, 0.1) is 0 Å². The van der Waals surface area contributed by atoms with Crippen LogP contribution in [0.1, 0.15) is 44.6 Å². The van der Waals surface area contributed by atoms with Gasteiger partial charge < -0.3 is 4.90 Å². The van der Waals surface area contributed by atoms with Gasteiger partial charge in [0.15, 0.2) is 0 Å². The smallest absolute Gasteiger partial charge is 0.254 e. The second-order valence-corrected chi connectivity index (χ2v) is 4.86. The molecule has 1 aromatic carbocycles. The number of nitrogens with zero attached hydrogens (tertiary/aromatic N) is 1. The largest absolute Gasteiger partial charge is 0.308 e. The minimum absolute atomic E-state index is 0.106. The average molecular weight is 243 g/mol. The third kappa shape index (κ3) is 2.07. The fourth-order valence-corrected chi connectivity index (χ4v) is 2.65. The number of carbonyl (C=O) groups is 1. The molecule has 96 valence electrons. The Morgan fingerprint density at radius 3 is 2.67 bits per heavy atom. The third-order valence-electron chi connectivity index (χ3n) is 3.69. The van der Waals surface area contributed by atoms with E-state index in [4.69, 9.17) is 0 Å². The number of benzene rings is 1. The van der Waals surface area contributed by atoms with E-state index >= 15 is 0 Å². The number of rotatable bonds is 4. The molecule has 0 bridgehead atoms. The molecule has 0 spiro atoms. The van der Waals surface area contributed by atoms with Gasteiger partial charge in [-0.3, -0.25) is 4.79 Å². The summed E-state index contributed by atoms with van der Waals surface area (Å²) in [6, 6.07) is 8.23. The topological polar surface area (TPSA) is 20.3 Å². The molecule has 1 aromatic rings. The van der Waals surface area contributed by atoms with Crippen molar-refractivity contribution in [2.45, 2.75) is 39.0 Å². The Bertz CT molecular complexity index is 464. The maximum Gasteiger partial charge on any atom is 0.254 e. The lowest BCUT2D eigenvalue weighted by atomic mass is 9.84. The number of hydrogen-bond acceptors (Lipinski definition) is 1. The Kier molecular flexibility index (Phi) is 3.85. The predicted octanol–water partition coefficient (Wildman–Crippen LogP) is 3.88. The first-order valence-corrected chi connectivity index (χ1v) is 6.80. The van der Waals surface area contributed by atoms with Gasteiger partial charge in [-0.25, -0.2) is 0 Å². The number of amides is 1. The van der Waals surface area contributed by atoms with Gasteiger partial charge in [-0.05, 0) is 24.5 Å². The van der Waals surface area contributed by atoms with Gasteiger partial charge in [0.05, 0.1) is 0 Å². The summed E-state index contributed by atoms with van der Waals surface area (Å²) in [5.41, 5.74) is 3.07. The fraction of sp³-hybridized carbons (Fsp3) is 0.438. The minimum Gasteiger partial charge on any atom is -0.308 e. The van der Waals surface area contributed by atoms with Crippen molar-refractivity contribution in [1.82, 2.24) is 0 Å². The van der Waals surface area contributed by atoms with Crippen molar-refractivity contribution < 1.29 is 4.79 Å². The van der Waals surface area contributed by atoms with Gasteiger partial charge in [-0.2, -0.15) is 0 Å². The van der Waals surface area contributed by atoms with Crippen LogP contribution < -0.4 is 4.90 Å². The summed E-state index contributed by atoms with van der Waals surface area (Å²) < 4.78 is 0. The fourth-order valence-electron chi connectivity index (χ4n) is 2.65. The number of unbranched alkanes of at least 4 members (excludes halogenated alkanes) is 1. The summed E-state index contributed by atoms with van der Waals surface area (Å²) in [5, 5.41) is 0. The summed E-state index contributed by atoms with van der Waals surface area (Å²) in [5.74, 6) is 0.292. The normalized spacial score (nSPS) is 19.0. The summed E-state index contributed by atoms with van der Waals surface area (Å²) in [7, 11) is 0. The van der Waals surface area contributed by atoms with Crippen LogP contribution in [0.3, 0.4) is 0 Å². The molecule has 0 radical (unpaired) electrons. The van der Waals surface area contributed by atoms with Gasteiger partial charge in [0.1, 0.15) is 0 Å². The maximum absolute atomic E-state index is 12.4. The molecule has 1 amide bonds. The van der Waals surface area contributed by atoms with Crippen LogP contribution in [-0.2, 0) is 4.79 Å². The van der Waals surface area contributed by atoms with Crippen LogP contribution >= 0.6 is 0 Å². The molecule has 0 aromatic heterocycles. The van der Waals surface area contributed by atoms with Crippen LogP contribution in [-0.4, -0.2) is 12.5 Å². The van der Waals surface area contributed by atoms with Crippen molar-refractivity contribution in [3.8, 4) is 0 Å². The molecule has 1 heterocycles. The van der Waals surface area contributed by atoms with E-state index in [-0.39, 0.29) is 11.8 Å². The number of para-hydroxylation sites is 1. The maximum atomic E-state index is 12.4. The van der Waals surface area contributed by atoms with Crippen LogP contribution in [0.25, 0.3) is 0 Å². The zero-order valence-electron chi connectivity index (χ0n) is 11.3. The molecule has 1 aliphatic heterocycles. The molecule has 1 atom stereocenters. The quantitative estimate of drug-likeness (QED) is 0.735. The molecule has 0 fully saturated rings. The van der Waals surface area contributed by atoms with E-state index in [0.29, 0.717) is 0 Å². The second kappa shape index (κ2) is 5.38. The zero-order chi connectivity index (χ0) is 13.1. The standard InChI is InChI=1S/C16H21NO/c1-4-6-11-17-15-10-8-7-9-14(15)13(5-2)12(3)16(17)18/h7-10,13H,3-6,11H2,1-2H3/t13-/m0/s1. The zero-order valence-corrected chi connectivity index (χ0v) is 11.3. The molecule has 0 unspecified atom stereocenters. The van der Waals surface area contributed by atoms with Crippen LogP contribution in [0.15, 0.2) is 36.4 Å². The van der Waals surface area contributed by atoms with Crippen molar-refractivity contribution >= 4 is 11.6 Å². The van der Waals surface area contributed by atoms with E-state index in [2.05, 4.69) is 32.6 Å². The molecule has 2 heteroatoms. The second-order valence-electron chi connectivity index (χ2n) is 4.86. The highest BCUT2D eigenvalue weighted by Crippen LogP contribution is 2.40. The molecule has 0 saturated carbocycles. The SMILES string of the molecule is C=C1C(=O)N(CCCC)c2ccccc2[C@H]1CC. The molecule has 2 rings (SSSR count). The van der Waals surface area contributed by atoms with Gasteiger partial charge in [0.2, 0.25) is 0 Å². The highest BCUT2D eigenvalue weighted by atomic mass is 16.2. The Hall–Kier alpha value is -1.57. The molecule has 18 heavy (non-hydrogen) atoms. The number of fused-ring (bicyclic) bond motifs is 1.